The lowest BCUT2D eigenvalue weighted by atomic mass is 10.1. The van der Waals surface area contributed by atoms with Gasteiger partial charge in [0.2, 0.25) is 5.88 Å². The number of azo groups is 1. The normalized spacial score (nSPS) is 12.6. The van der Waals surface area contributed by atoms with E-state index >= 15 is 0 Å². The number of rotatable bonds is 6. The predicted octanol–water partition coefficient (Wildman–Crippen LogP) is 1.51. The van der Waals surface area contributed by atoms with Gasteiger partial charge in [-0.25, -0.2) is 0 Å². The summed E-state index contributed by atoms with van der Waals surface area (Å²) in [6.45, 7) is 2.72. The number of nitrogens with zero attached hydrogens (tertiary/aromatic N) is 3. The molecule has 0 aliphatic heterocycles. The maximum absolute atomic E-state index is 12.4. The highest BCUT2D eigenvalue weighted by molar-refractivity contribution is 7.86. The number of hydrogen-bond donors (Lipinski definition) is 4. The van der Waals surface area contributed by atoms with Crippen molar-refractivity contribution in [1.29, 1.82) is 0 Å². The number of anilines is 1. The van der Waals surface area contributed by atoms with Crippen LogP contribution in [-0.2, 0) is 32.5 Å². The molecule has 0 amide bonds. The fourth-order valence-corrected chi connectivity index (χ4v) is 3.87. The molecule has 158 valence electrons. The van der Waals surface area contributed by atoms with Crippen molar-refractivity contribution in [3.63, 3.8) is 0 Å². The van der Waals surface area contributed by atoms with Gasteiger partial charge in [-0.1, -0.05) is 0 Å². The van der Waals surface area contributed by atoms with Crippen molar-refractivity contribution in [3.05, 3.63) is 39.7 Å². The van der Waals surface area contributed by atoms with Gasteiger partial charge in [0.15, 0.2) is 0 Å². The fraction of sp³-hybridized carbons (Fsp3) is 0.267. The number of aromatic hydroxyl groups is 1. The molecular formula is C15H18N4O8S2. The standard InChI is InChI=1S/C15H18N4O8S2/c1-3-19-14(20)10(7-28(22,23)24)8(2)13(15(19)21)18-17-11-6-9(16)4-5-12(11)29(25,26)27/h4-6,21H,3,7,16H2,1-2H3,(H,22,23,24)(H,25,26,27). The first kappa shape index (κ1) is 22.5. The maximum Gasteiger partial charge on any atom is 0.296 e. The lowest BCUT2D eigenvalue weighted by molar-refractivity contribution is 0.411. The largest absolute Gasteiger partial charge is 0.493 e. The van der Waals surface area contributed by atoms with Crippen molar-refractivity contribution in [2.45, 2.75) is 31.0 Å². The molecule has 12 nitrogen and oxygen atoms in total. The van der Waals surface area contributed by atoms with Crippen molar-refractivity contribution in [3.8, 4) is 5.88 Å². The SMILES string of the molecule is CCn1c(O)c(N=Nc2cc(N)ccc2S(=O)(=O)O)c(C)c(CS(=O)(=O)O)c1=O. The number of nitrogens with two attached hydrogens (primary N) is 1. The molecule has 0 saturated carbocycles. The second-order valence-corrected chi connectivity index (χ2v) is 8.80. The molecule has 0 aliphatic rings. The summed E-state index contributed by atoms with van der Waals surface area (Å²) in [7, 11) is -9.24. The zero-order valence-corrected chi connectivity index (χ0v) is 16.9. The molecule has 29 heavy (non-hydrogen) atoms. The van der Waals surface area contributed by atoms with E-state index in [0.717, 1.165) is 16.7 Å². The first-order valence-corrected chi connectivity index (χ1v) is 11.0. The van der Waals surface area contributed by atoms with Gasteiger partial charge in [0.25, 0.3) is 25.8 Å². The molecule has 1 aromatic heterocycles. The van der Waals surface area contributed by atoms with Gasteiger partial charge >= 0.3 is 0 Å². The summed E-state index contributed by atoms with van der Waals surface area (Å²) in [5.74, 6) is -1.66. The van der Waals surface area contributed by atoms with Crippen LogP contribution in [0.1, 0.15) is 18.1 Å². The van der Waals surface area contributed by atoms with Crippen LogP contribution in [0.3, 0.4) is 0 Å². The Bertz CT molecular complexity index is 1260. The van der Waals surface area contributed by atoms with Crippen LogP contribution < -0.4 is 11.3 Å². The highest BCUT2D eigenvalue weighted by Crippen LogP contribution is 2.34. The van der Waals surface area contributed by atoms with Crippen LogP contribution in [0, 0.1) is 6.92 Å². The van der Waals surface area contributed by atoms with Crippen molar-refractivity contribution >= 4 is 37.3 Å². The zero-order valence-electron chi connectivity index (χ0n) is 15.3. The number of nitrogen functional groups attached to an aromatic ring is 1. The Balaban J connectivity index is 2.76. The van der Waals surface area contributed by atoms with E-state index in [-0.39, 0.29) is 34.7 Å². The van der Waals surface area contributed by atoms with Crippen molar-refractivity contribution in [2.24, 2.45) is 10.2 Å². The second-order valence-electron chi connectivity index (χ2n) is 5.95. The highest BCUT2D eigenvalue weighted by Gasteiger charge is 2.22. The van der Waals surface area contributed by atoms with E-state index in [2.05, 4.69) is 10.2 Å². The Hall–Kier alpha value is -2.81. The molecule has 0 bridgehead atoms. The molecule has 0 atom stereocenters. The minimum absolute atomic E-state index is 0.0551. The van der Waals surface area contributed by atoms with Crippen molar-refractivity contribution in [2.75, 3.05) is 5.73 Å². The highest BCUT2D eigenvalue weighted by atomic mass is 32.2. The Morgan fingerprint density at radius 1 is 1.14 bits per heavy atom. The van der Waals surface area contributed by atoms with Gasteiger partial charge in [-0.2, -0.15) is 16.8 Å². The van der Waals surface area contributed by atoms with Crippen molar-refractivity contribution < 1.29 is 31.0 Å². The quantitative estimate of drug-likeness (QED) is 0.288. The molecule has 1 heterocycles. The molecule has 14 heteroatoms. The summed E-state index contributed by atoms with van der Waals surface area (Å²) in [4.78, 5) is 11.8. The lowest BCUT2D eigenvalue weighted by Gasteiger charge is -2.14. The topological polar surface area (TPSA) is 202 Å². The predicted molar refractivity (Wildman–Crippen MR) is 103 cm³/mol. The third-order valence-corrected chi connectivity index (χ3v) is 5.49. The van der Waals surface area contributed by atoms with E-state index in [1.165, 1.54) is 19.9 Å². The molecule has 5 N–H and O–H groups in total. The van der Waals surface area contributed by atoms with E-state index in [4.69, 9.17) is 10.3 Å². The third-order valence-electron chi connectivity index (χ3n) is 3.94. The van der Waals surface area contributed by atoms with Gasteiger partial charge in [0.1, 0.15) is 22.0 Å². The summed E-state index contributed by atoms with van der Waals surface area (Å²) in [5.41, 5.74) is 3.75. The molecule has 0 unspecified atom stereocenters. The van der Waals surface area contributed by atoms with Crippen LogP contribution in [0.2, 0.25) is 0 Å². The summed E-state index contributed by atoms with van der Waals surface area (Å²) in [5, 5.41) is 17.8. The summed E-state index contributed by atoms with van der Waals surface area (Å²) in [6, 6.07) is 3.32. The number of benzene rings is 1. The molecule has 2 rings (SSSR count). The van der Waals surface area contributed by atoms with E-state index in [1.54, 1.807) is 0 Å². The monoisotopic (exact) mass is 446 g/mol. The average molecular weight is 446 g/mol. The summed E-state index contributed by atoms with van der Waals surface area (Å²) < 4.78 is 64.7. The first-order valence-electron chi connectivity index (χ1n) is 7.95. The Kier molecular flexibility index (Phi) is 6.13. The molecule has 0 radical (unpaired) electrons. The summed E-state index contributed by atoms with van der Waals surface area (Å²) in [6.07, 6.45) is 0. The van der Waals surface area contributed by atoms with Crippen molar-refractivity contribution in [1.82, 2.24) is 4.57 Å². The van der Waals surface area contributed by atoms with Gasteiger partial charge in [-0.3, -0.25) is 18.5 Å². The smallest absolute Gasteiger partial charge is 0.296 e. The molecule has 0 spiro atoms. The number of aromatic nitrogens is 1. The van der Waals surface area contributed by atoms with Crippen LogP contribution in [0.15, 0.2) is 38.1 Å². The Morgan fingerprint density at radius 3 is 2.28 bits per heavy atom. The molecular weight excluding hydrogens is 428 g/mol. The maximum atomic E-state index is 12.4. The third kappa shape index (κ3) is 4.97. The van der Waals surface area contributed by atoms with E-state index in [1.807, 2.05) is 0 Å². The number of pyridine rings is 1. The van der Waals surface area contributed by atoms with Gasteiger partial charge in [0, 0.05) is 17.8 Å². The Morgan fingerprint density at radius 2 is 1.76 bits per heavy atom. The van der Waals surface area contributed by atoms with Crippen LogP contribution in [0.5, 0.6) is 5.88 Å². The minimum atomic E-state index is -4.67. The minimum Gasteiger partial charge on any atom is -0.493 e. The van der Waals surface area contributed by atoms with E-state index in [9.17, 15) is 31.3 Å². The molecule has 0 fully saturated rings. The van der Waals surface area contributed by atoms with Gasteiger partial charge < -0.3 is 10.8 Å². The Labute approximate surface area is 165 Å². The van der Waals surface area contributed by atoms with Gasteiger partial charge in [-0.15, -0.1) is 10.2 Å². The van der Waals surface area contributed by atoms with Crippen LogP contribution in [0.4, 0.5) is 17.1 Å². The first-order chi connectivity index (χ1) is 13.3. The van der Waals surface area contributed by atoms with E-state index in [0.29, 0.717) is 0 Å². The lowest BCUT2D eigenvalue weighted by Crippen LogP contribution is -2.26. The van der Waals surface area contributed by atoms with Gasteiger partial charge in [0.05, 0.1) is 0 Å². The molecule has 0 saturated heterocycles. The fourth-order valence-electron chi connectivity index (χ4n) is 2.56. The number of hydrogen-bond acceptors (Lipinski definition) is 9. The van der Waals surface area contributed by atoms with Crippen LogP contribution in [0.25, 0.3) is 0 Å². The van der Waals surface area contributed by atoms with Crippen LogP contribution in [-0.4, -0.2) is 35.6 Å². The molecule has 1 aromatic carbocycles. The second kappa shape index (κ2) is 7.90. The zero-order chi connectivity index (χ0) is 22.1. The van der Waals surface area contributed by atoms with E-state index < -0.39 is 42.3 Å². The summed E-state index contributed by atoms with van der Waals surface area (Å²) >= 11 is 0. The molecule has 0 aliphatic carbocycles. The molecule has 2 aromatic rings. The van der Waals surface area contributed by atoms with Gasteiger partial charge in [-0.05, 0) is 37.6 Å². The average Bonchev–Trinajstić information content (AvgIpc) is 2.57. The van der Waals surface area contributed by atoms with Crippen LogP contribution >= 0.6 is 0 Å².